The van der Waals surface area contributed by atoms with Gasteiger partial charge in [0.05, 0.1) is 30.4 Å². The highest BCUT2D eigenvalue weighted by molar-refractivity contribution is 6.00. The van der Waals surface area contributed by atoms with Crippen molar-refractivity contribution in [2.75, 3.05) is 12.8 Å². The molecule has 1 aromatic heterocycles. The molecular weight excluding hydrogens is 372 g/mol. The van der Waals surface area contributed by atoms with Crippen LogP contribution in [0.4, 0.5) is 5.69 Å². The van der Waals surface area contributed by atoms with E-state index in [0.717, 1.165) is 5.56 Å². The summed E-state index contributed by atoms with van der Waals surface area (Å²) in [5, 5.41) is 0. The zero-order chi connectivity index (χ0) is 20.7. The molecule has 29 heavy (non-hydrogen) atoms. The fourth-order valence-corrected chi connectivity index (χ4v) is 3.91. The molecule has 2 amide bonds. The predicted molar refractivity (Wildman–Crippen MR) is 108 cm³/mol. The molecule has 0 spiro atoms. The van der Waals surface area contributed by atoms with E-state index in [1.807, 2.05) is 12.1 Å². The SMILES string of the molecule is COc1ccc(CN2C(=O)CCC(n3c(=O)n(C)c4c(N)cccc43)C2=O)cc1. The average Bonchev–Trinajstić information content (AvgIpc) is 2.97. The maximum Gasteiger partial charge on any atom is 0.329 e. The molecule has 1 atom stereocenters. The van der Waals surface area contributed by atoms with Crippen molar-refractivity contribution in [3.63, 3.8) is 0 Å². The van der Waals surface area contributed by atoms with Gasteiger partial charge in [0.15, 0.2) is 0 Å². The maximum absolute atomic E-state index is 13.2. The molecule has 4 rings (SSSR count). The number of para-hydroxylation sites is 1. The van der Waals surface area contributed by atoms with Crippen molar-refractivity contribution in [3.05, 3.63) is 58.5 Å². The molecule has 1 aliphatic rings. The summed E-state index contributed by atoms with van der Waals surface area (Å²) in [6.07, 6.45) is 0.475. The standard InChI is InChI=1S/C21H22N4O4/c1-23-19-15(22)4-3-5-16(19)25(21(23)28)17-10-11-18(26)24(20(17)27)12-13-6-8-14(29-2)9-7-13/h3-9,17H,10-12,22H2,1-2H3. The van der Waals surface area contributed by atoms with Gasteiger partial charge in [-0.05, 0) is 36.2 Å². The van der Waals surface area contributed by atoms with E-state index in [9.17, 15) is 14.4 Å². The molecule has 3 aromatic rings. The van der Waals surface area contributed by atoms with E-state index in [4.69, 9.17) is 10.5 Å². The van der Waals surface area contributed by atoms with Crippen LogP contribution >= 0.6 is 0 Å². The summed E-state index contributed by atoms with van der Waals surface area (Å²) in [5.41, 5.74) is 8.18. The monoisotopic (exact) mass is 394 g/mol. The van der Waals surface area contributed by atoms with Gasteiger partial charge in [-0.25, -0.2) is 4.79 Å². The smallest absolute Gasteiger partial charge is 0.329 e. The molecule has 2 aromatic carbocycles. The van der Waals surface area contributed by atoms with Crippen LogP contribution in [0.1, 0.15) is 24.4 Å². The number of ether oxygens (including phenoxy) is 1. The summed E-state index contributed by atoms with van der Waals surface area (Å²) >= 11 is 0. The van der Waals surface area contributed by atoms with E-state index < -0.39 is 6.04 Å². The molecule has 0 saturated carbocycles. The molecule has 2 heterocycles. The van der Waals surface area contributed by atoms with Crippen LogP contribution in [0.3, 0.4) is 0 Å². The number of anilines is 1. The highest BCUT2D eigenvalue weighted by Crippen LogP contribution is 2.29. The lowest BCUT2D eigenvalue weighted by Gasteiger charge is -2.31. The summed E-state index contributed by atoms with van der Waals surface area (Å²) in [7, 11) is 3.21. The second kappa shape index (κ2) is 7.12. The van der Waals surface area contributed by atoms with Gasteiger partial charge >= 0.3 is 5.69 Å². The first-order valence-corrected chi connectivity index (χ1v) is 9.35. The second-order valence-electron chi connectivity index (χ2n) is 7.15. The fourth-order valence-electron chi connectivity index (χ4n) is 3.91. The number of nitrogens with zero attached hydrogens (tertiary/aromatic N) is 3. The number of amides is 2. The highest BCUT2D eigenvalue weighted by Gasteiger charge is 2.37. The number of methoxy groups -OCH3 is 1. The first kappa shape index (κ1) is 18.8. The number of fused-ring (bicyclic) bond motifs is 1. The molecule has 0 bridgehead atoms. The molecule has 8 heteroatoms. The van der Waals surface area contributed by atoms with Crippen LogP contribution < -0.4 is 16.2 Å². The van der Waals surface area contributed by atoms with Gasteiger partial charge in [0.2, 0.25) is 5.91 Å². The quantitative estimate of drug-likeness (QED) is 0.538. The van der Waals surface area contributed by atoms with Crippen LogP contribution in [-0.2, 0) is 23.2 Å². The van der Waals surface area contributed by atoms with Crippen LogP contribution in [0.15, 0.2) is 47.3 Å². The number of imidazole rings is 1. The van der Waals surface area contributed by atoms with Gasteiger partial charge in [-0.1, -0.05) is 18.2 Å². The van der Waals surface area contributed by atoms with Gasteiger partial charge in [0, 0.05) is 13.5 Å². The highest BCUT2D eigenvalue weighted by atomic mass is 16.5. The lowest BCUT2D eigenvalue weighted by Crippen LogP contribution is -2.47. The number of piperidine rings is 1. The van der Waals surface area contributed by atoms with Gasteiger partial charge in [-0.15, -0.1) is 0 Å². The number of imide groups is 1. The second-order valence-corrected chi connectivity index (χ2v) is 7.15. The van der Waals surface area contributed by atoms with E-state index in [-0.39, 0.29) is 36.9 Å². The molecule has 150 valence electrons. The number of nitrogen functional groups attached to an aromatic ring is 1. The van der Waals surface area contributed by atoms with Crippen LogP contribution in [0.25, 0.3) is 11.0 Å². The Hall–Kier alpha value is -3.55. The minimum atomic E-state index is -0.746. The number of aromatic nitrogens is 2. The van der Waals surface area contributed by atoms with Gasteiger partial charge in [0.25, 0.3) is 5.91 Å². The number of carbonyl (C=O) groups excluding carboxylic acids is 2. The van der Waals surface area contributed by atoms with Crippen molar-refractivity contribution >= 4 is 28.5 Å². The third-order valence-electron chi connectivity index (χ3n) is 5.43. The predicted octanol–water partition coefficient (Wildman–Crippen LogP) is 1.82. The Morgan fingerprint density at radius 1 is 1.10 bits per heavy atom. The molecule has 1 saturated heterocycles. The van der Waals surface area contributed by atoms with Crippen LogP contribution in [0, 0.1) is 0 Å². The Morgan fingerprint density at radius 3 is 2.52 bits per heavy atom. The third-order valence-corrected chi connectivity index (χ3v) is 5.43. The molecule has 1 aliphatic heterocycles. The van der Waals surface area contributed by atoms with Gasteiger partial charge in [0.1, 0.15) is 11.8 Å². The summed E-state index contributed by atoms with van der Waals surface area (Å²) < 4.78 is 8.05. The van der Waals surface area contributed by atoms with E-state index in [2.05, 4.69) is 0 Å². The minimum Gasteiger partial charge on any atom is -0.497 e. The maximum atomic E-state index is 13.2. The number of benzene rings is 2. The van der Waals surface area contributed by atoms with Crippen molar-refractivity contribution in [3.8, 4) is 5.75 Å². The molecule has 1 unspecified atom stereocenters. The van der Waals surface area contributed by atoms with Gasteiger partial charge < -0.3 is 10.5 Å². The Bertz CT molecular complexity index is 1160. The van der Waals surface area contributed by atoms with E-state index in [1.165, 1.54) is 14.0 Å². The largest absolute Gasteiger partial charge is 0.497 e. The van der Waals surface area contributed by atoms with E-state index >= 15 is 0 Å². The number of rotatable bonds is 4. The minimum absolute atomic E-state index is 0.153. The van der Waals surface area contributed by atoms with Crippen molar-refractivity contribution in [1.82, 2.24) is 14.0 Å². The number of aryl methyl sites for hydroxylation is 1. The molecule has 2 N–H and O–H groups in total. The fraction of sp³-hybridized carbons (Fsp3) is 0.286. The topological polar surface area (TPSA) is 99.6 Å². The van der Waals surface area contributed by atoms with Crippen molar-refractivity contribution in [2.45, 2.75) is 25.4 Å². The zero-order valence-corrected chi connectivity index (χ0v) is 16.3. The average molecular weight is 394 g/mol. The summed E-state index contributed by atoms with van der Waals surface area (Å²) in [6, 6.07) is 11.7. The van der Waals surface area contributed by atoms with Gasteiger partial charge in [-0.3, -0.25) is 23.6 Å². The molecular formula is C21H22N4O4. The lowest BCUT2D eigenvalue weighted by molar-refractivity contribution is -0.151. The number of likely N-dealkylation sites (tertiary alicyclic amines) is 1. The zero-order valence-electron chi connectivity index (χ0n) is 16.3. The summed E-state index contributed by atoms with van der Waals surface area (Å²) in [5.74, 6) is 0.0757. The Balaban J connectivity index is 1.71. The summed E-state index contributed by atoms with van der Waals surface area (Å²) in [4.78, 5) is 39.9. The molecule has 8 nitrogen and oxygen atoms in total. The number of nitrogens with two attached hydrogens (primary N) is 1. The van der Waals surface area contributed by atoms with Crippen molar-refractivity contribution in [1.29, 1.82) is 0 Å². The summed E-state index contributed by atoms with van der Waals surface area (Å²) in [6.45, 7) is 0.153. The third kappa shape index (κ3) is 3.06. The molecule has 0 radical (unpaired) electrons. The van der Waals surface area contributed by atoms with E-state index in [0.29, 0.717) is 22.5 Å². The molecule has 1 fully saturated rings. The normalized spacial score (nSPS) is 17.2. The van der Waals surface area contributed by atoms with E-state index in [1.54, 1.807) is 44.5 Å². The first-order chi connectivity index (χ1) is 13.9. The van der Waals surface area contributed by atoms with Crippen LogP contribution in [0.5, 0.6) is 5.75 Å². The number of carbonyl (C=O) groups is 2. The van der Waals surface area contributed by atoms with Crippen molar-refractivity contribution < 1.29 is 14.3 Å². The van der Waals surface area contributed by atoms with Crippen molar-refractivity contribution in [2.24, 2.45) is 7.05 Å². The first-order valence-electron chi connectivity index (χ1n) is 9.35. The Morgan fingerprint density at radius 2 is 1.83 bits per heavy atom. The van der Waals surface area contributed by atoms with Crippen LogP contribution in [-0.4, -0.2) is 33.0 Å². The van der Waals surface area contributed by atoms with Gasteiger partial charge in [-0.2, -0.15) is 0 Å². The number of hydrogen-bond donors (Lipinski definition) is 1. The Kier molecular flexibility index (Phi) is 4.62. The lowest BCUT2D eigenvalue weighted by atomic mass is 10.0. The molecule has 0 aliphatic carbocycles. The number of hydrogen-bond acceptors (Lipinski definition) is 5. The Labute approximate surface area is 167 Å². The van der Waals surface area contributed by atoms with Crippen LogP contribution in [0.2, 0.25) is 0 Å².